The van der Waals surface area contributed by atoms with Crippen LogP contribution in [0.2, 0.25) is 0 Å². The van der Waals surface area contributed by atoms with Crippen molar-refractivity contribution >= 4 is 28.3 Å². The minimum absolute atomic E-state index is 0. The van der Waals surface area contributed by atoms with E-state index in [9.17, 15) is 0 Å². The molecule has 1 aromatic rings. The molecule has 0 aromatic heterocycles. The van der Waals surface area contributed by atoms with Gasteiger partial charge in [0.05, 0.1) is 0 Å². The Balaban J connectivity index is 0.000000980. The minimum Gasteiger partial charge on any atom is -0.310 e. The average Bonchev–Trinajstić information content (AvgIpc) is 2.86. The molecule has 2 rings (SSSR count). The summed E-state index contributed by atoms with van der Waals surface area (Å²) in [4.78, 5) is 0. The minimum atomic E-state index is 0. The number of hydrogen-bond donors (Lipinski definition) is 1. The van der Waals surface area contributed by atoms with Crippen LogP contribution in [0.5, 0.6) is 0 Å². The highest BCUT2D eigenvalue weighted by molar-refractivity contribution is 9.10. The summed E-state index contributed by atoms with van der Waals surface area (Å²) in [5, 5.41) is 3.50. The molecule has 0 spiro atoms. The van der Waals surface area contributed by atoms with E-state index in [0.717, 1.165) is 12.6 Å². The average molecular weight is 277 g/mol. The third kappa shape index (κ3) is 3.26. The SMILES string of the molecule is Cc1ccc(CNC2CC2)c(Br)c1.Cl. The van der Waals surface area contributed by atoms with Crippen LogP contribution < -0.4 is 5.32 Å². The monoisotopic (exact) mass is 275 g/mol. The van der Waals surface area contributed by atoms with Crippen LogP contribution in [0.1, 0.15) is 24.0 Å². The number of hydrogen-bond acceptors (Lipinski definition) is 1. The van der Waals surface area contributed by atoms with E-state index in [-0.39, 0.29) is 12.4 Å². The van der Waals surface area contributed by atoms with E-state index in [1.54, 1.807) is 0 Å². The summed E-state index contributed by atoms with van der Waals surface area (Å²) in [7, 11) is 0. The molecule has 1 aromatic carbocycles. The van der Waals surface area contributed by atoms with Gasteiger partial charge in [-0.25, -0.2) is 0 Å². The van der Waals surface area contributed by atoms with E-state index in [0.29, 0.717) is 0 Å². The predicted molar refractivity (Wildman–Crippen MR) is 66.0 cm³/mol. The first-order valence-electron chi connectivity index (χ1n) is 4.74. The maximum absolute atomic E-state index is 3.58. The molecule has 0 radical (unpaired) electrons. The van der Waals surface area contributed by atoms with Crippen molar-refractivity contribution in [2.75, 3.05) is 0 Å². The quantitative estimate of drug-likeness (QED) is 0.892. The van der Waals surface area contributed by atoms with Crippen molar-refractivity contribution in [3.8, 4) is 0 Å². The van der Waals surface area contributed by atoms with E-state index in [2.05, 4.69) is 46.4 Å². The Kier molecular flexibility index (Phi) is 4.42. The maximum Gasteiger partial charge on any atom is 0.0222 e. The van der Waals surface area contributed by atoms with Gasteiger partial charge in [-0.1, -0.05) is 28.1 Å². The third-order valence-corrected chi connectivity index (χ3v) is 3.11. The van der Waals surface area contributed by atoms with Crippen LogP contribution in [-0.4, -0.2) is 6.04 Å². The molecule has 3 heteroatoms. The van der Waals surface area contributed by atoms with Crippen molar-refractivity contribution in [1.82, 2.24) is 5.32 Å². The van der Waals surface area contributed by atoms with E-state index in [4.69, 9.17) is 0 Å². The Morgan fingerprint density at radius 1 is 1.43 bits per heavy atom. The molecule has 0 aliphatic heterocycles. The first-order valence-corrected chi connectivity index (χ1v) is 5.53. The lowest BCUT2D eigenvalue weighted by Crippen LogP contribution is -2.15. The lowest BCUT2D eigenvalue weighted by molar-refractivity contribution is 0.686. The molecule has 0 atom stereocenters. The van der Waals surface area contributed by atoms with Gasteiger partial charge in [0.25, 0.3) is 0 Å². The maximum atomic E-state index is 3.58. The number of nitrogens with one attached hydrogen (secondary N) is 1. The predicted octanol–water partition coefficient (Wildman–Crippen LogP) is 3.43. The Morgan fingerprint density at radius 3 is 2.71 bits per heavy atom. The molecule has 0 saturated heterocycles. The zero-order valence-corrected chi connectivity index (χ0v) is 10.6. The molecule has 0 bridgehead atoms. The molecule has 1 nitrogen and oxygen atoms in total. The van der Waals surface area contributed by atoms with Crippen molar-refractivity contribution in [2.45, 2.75) is 32.4 Å². The highest BCUT2D eigenvalue weighted by Gasteiger charge is 2.20. The van der Waals surface area contributed by atoms with E-state index < -0.39 is 0 Å². The van der Waals surface area contributed by atoms with Gasteiger partial charge in [0, 0.05) is 17.1 Å². The molecule has 1 saturated carbocycles. The summed E-state index contributed by atoms with van der Waals surface area (Å²) in [5.41, 5.74) is 2.67. The molecule has 1 aliphatic carbocycles. The van der Waals surface area contributed by atoms with Gasteiger partial charge < -0.3 is 5.32 Å². The smallest absolute Gasteiger partial charge is 0.0222 e. The largest absolute Gasteiger partial charge is 0.310 e. The Bertz CT molecular complexity index is 310. The van der Waals surface area contributed by atoms with Crippen LogP contribution in [0.4, 0.5) is 0 Å². The van der Waals surface area contributed by atoms with Crippen molar-refractivity contribution in [3.05, 3.63) is 33.8 Å². The van der Waals surface area contributed by atoms with Crippen molar-refractivity contribution < 1.29 is 0 Å². The second kappa shape index (κ2) is 5.15. The lowest BCUT2D eigenvalue weighted by atomic mass is 10.1. The fraction of sp³-hybridized carbons (Fsp3) is 0.455. The van der Waals surface area contributed by atoms with Crippen LogP contribution in [0, 0.1) is 6.92 Å². The van der Waals surface area contributed by atoms with Crippen molar-refractivity contribution in [3.63, 3.8) is 0 Å². The Labute approximate surface area is 99.8 Å². The normalized spacial score (nSPS) is 15.0. The standard InChI is InChI=1S/C11H14BrN.ClH/c1-8-2-3-9(11(12)6-8)7-13-10-4-5-10;/h2-3,6,10,13H,4-5,7H2,1H3;1H. The summed E-state index contributed by atoms with van der Waals surface area (Å²) in [6.07, 6.45) is 2.70. The fourth-order valence-corrected chi connectivity index (χ4v) is 1.97. The molecule has 14 heavy (non-hydrogen) atoms. The van der Waals surface area contributed by atoms with Gasteiger partial charge in [-0.15, -0.1) is 12.4 Å². The van der Waals surface area contributed by atoms with Gasteiger partial charge in [-0.05, 0) is 37.0 Å². The molecule has 0 amide bonds. The summed E-state index contributed by atoms with van der Waals surface area (Å²) >= 11 is 3.58. The van der Waals surface area contributed by atoms with Crippen LogP contribution in [-0.2, 0) is 6.54 Å². The second-order valence-electron chi connectivity index (χ2n) is 3.75. The molecular weight excluding hydrogens is 261 g/mol. The number of rotatable bonds is 3. The van der Waals surface area contributed by atoms with Crippen LogP contribution >= 0.6 is 28.3 Å². The van der Waals surface area contributed by atoms with Crippen molar-refractivity contribution in [2.24, 2.45) is 0 Å². The third-order valence-electron chi connectivity index (χ3n) is 2.37. The number of aryl methyl sites for hydroxylation is 1. The zero-order valence-electron chi connectivity index (χ0n) is 8.22. The molecule has 0 heterocycles. The highest BCUT2D eigenvalue weighted by atomic mass is 79.9. The highest BCUT2D eigenvalue weighted by Crippen LogP contribution is 2.22. The molecule has 78 valence electrons. The van der Waals surface area contributed by atoms with Crippen LogP contribution in [0.3, 0.4) is 0 Å². The van der Waals surface area contributed by atoms with E-state index in [1.165, 1.54) is 28.4 Å². The first-order chi connectivity index (χ1) is 6.25. The summed E-state index contributed by atoms with van der Waals surface area (Å²) in [6.45, 7) is 3.11. The fourth-order valence-electron chi connectivity index (χ4n) is 1.34. The van der Waals surface area contributed by atoms with E-state index >= 15 is 0 Å². The van der Waals surface area contributed by atoms with Gasteiger partial charge in [0.1, 0.15) is 0 Å². The summed E-state index contributed by atoms with van der Waals surface area (Å²) in [5.74, 6) is 0. The molecule has 0 unspecified atom stereocenters. The molecule has 1 N–H and O–H groups in total. The van der Waals surface area contributed by atoms with Gasteiger partial charge in [0.15, 0.2) is 0 Å². The molecule has 1 aliphatic rings. The Hall–Kier alpha value is -0.0500. The van der Waals surface area contributed by atoms with Gasteiger partial charge in [-0.2, -0.15) is 0 Å². The topological polar surface area (TPSA) is 12.0 Å². The number of halogens is 2. The van der Waals surface area contributed by atoms with E-state index in [1.807, 2.05) is 0 Å². The van der Waals surface area contributed by atoms with Crippen LogP contribution in [0.15, 0.2) is 22.7 Å². The molecular formula is C11H15BrClN. The summed E-state index contributed by atoms with van der Waals surface area (Å²) in [6, 6.07) is 7.31. The molecule has 1 fully saturated rings. The van der Waals surface area contributed by atoms with Crippen LogP contribution in [0.25, 0.3) is 0 Å². The van der Waals surface area contributed by atoms with Gasteiger partial charge in [0.2, 0.25) is 0 Å². The van der Waals surface area contributed by atoms with Gasteiger partial charge >= 0.3 is 0 Å². The van der Waals surface area contributed by atoms with Crippen molar-refractivity contribution in [1.29, 1.82) is 0 Å². The zero-order chi connectivity index (χ0) is 9.26. The first kappa shape index (κ1) is 12.0. The number of benzene rings is 1. The summed E-state index contributed by atoms with van der Waals surface area (Å²) < 4.78 is 1.22. The second-order valence-corrected chi connectivity index (χ2v) is 4.60. The Morgan fingerprint density at radius 2 is 2.14 bits per heavy atom. The van der Waals surface area contributed by atoms with Gasteiger partial charge in [-0.3, -0.25) is 0 Å². The lowest BCUT2D eigenvalue weighted by Gasteiger charge is -2.06.